The van der Waals surface area contributed by atoms with Crippen LogP contribution in [0.3, 0.4) is 0 Å². The van der Waals surface area contributed by atoms with Crippen molar-refractivity contribution in [1.82, 2.24) is 14.6 Å². The van der Waals surface area contributed by atoms with Gasteiger partial charge in [-0.1, -0.05) is 17.7 Å². The Kier molecular flexibility index (Phi) is 7.07. The maximum atomic E-state index is 13.0. The summed E-state index contributed by atoms with van der Waals surface area (Å²) in [4.78, 5) is 19.8. The average Bonchev–Trinajstić information content (AvgIpc) is 2.73. The third kappa shape index (κ3) is 5.86. The minimum absolute atomic E-state index is 0.109. The van der Waals surface area contributed by atoms with E-state index in [0.29, 0.717) is 32.2 Å². The van der Waals surface area contributed by atoms with Crippen molar-refractivity contribution in [2.24, 2.45) is 0 Å². The topological polar surface area (TPSA) is 82.6 Å². The van der Waals surface area contributed by atoms with Crippen LogP contribution in [0.25, 0.3) is 0 Å². The van der Waals surface area contributed by atoms with Gasteiger partial charge in [-0.25, -0.2) is 18.1 Å². The summed E-state index contributed by atoms with van der Waals surface area (Å²) in [7, 11) is -4.23. The van der Waals surface area contributed by atoms with Crippen molar-refractivity contribution in [2.45, 2.75) is 17.5 Å². The Morgan fingerprint density at radius 2 is 1.84 bits per heavy atom. The number of amides is 1. The van der Waals surface area contributed by atoms with Crippen LogP contribution in [-0.4, -0.2) is 56.9 Å². The van der Waals surface area contributed by atoms with Gasteiger partial charge in [0.2, 0.25) is 15.9 Å². The van der Waals surface area contributed by atoms with Crippen LogP contribution in [0.1, 0.15) is 12.0 Å². The first kappa shape index (κ1) is 23.3. The van der Waals surface area contributed by atoms with Crippen LogP contribution < -0.4 is 9.62 Å². The molecule has 1 aromatic heterocycles. The molecule has 0 atom stereocenters. The van der Waals surface area contributed by atoms with Crippen LogP contribution in [0.4, 0.5) is 19.0 Å². The van der Waals surface area contributed by atoms with E-state index in [1.54, 1.807) is 11.1 Å². The Labute approximate surface area is 182 Å². The second-order valence-corrected chi connectivity index (χ2v) is 9.02. The molecule has 0 unspecified atom stereocenters. The summed E-state index contributed by atoms with van der Waals surface area (Å²) in [6.45, 7) is 1.90. The molecule has 1 aliphatic rings. The normalized spacial score (nSPS) is 15.2. The largest absolute Gasteiger partial charge is 0.417 e. The van der Waals surface area contributed by atoms with E-state index in [1.165, 1.54) is 0 Å². The molecule has 168 valence electrons. The summed E-state index contributed by atoms with van der Waals surface area (Å²) in [6.07, 6.45) is -3.20. The van der Waals surface area contributed by atoms with E-state index in [0.717, 1.165) is 18.0 Å². The van der Waals surface area contributed by atoms with E-state index in [-0.39, 0.29) is 18.9 Å². The van der Waals surface area contributed by atoms with Crippen LogP contribution in [0.2, 0.25) is 5.02 Å². The van der Waals surface area contributed by atoms with Crippen molar-refractivity contribution in [2.75, 3.05) is 37.6 Å². The van der Waals surface area contributed by atoms with E-state index in [4.69, 9.17) is 11.6 Å². The Bertz CT molecular complexity index is 1030. The number of piperazine rings is 1. The molecule has 0 spiro atoms. The highest BCUT2D eigenvalue weighted by Crippen LogP contribution is 2.35. The lowest BCUT2D eigenvalue weighted by atomic mass is 10.2. The number of benzene rings is 1. The number of hydrogen-bond donors (Lipinski definition) is 1. The first-order valence-corrected chi connectivity index (χ1v) is 11.2. The lowest BCUT2D eigenvalue weighted by Crippen LogP contribution is -2.49. The van der Waals surface area contributed by atoms with Crippen molar-refractivity contribution in [3.8, 4) is 0 Å². The summed E-state index contributed by atoms with van der Waals surface area (Å²) in [5.41, 5.74) is -1.24. The molecule has 1 saturated heterocycles. The Hall–Kier alpha value is -2.37. The maximum absolute atomic E-state index is 13.0. The van der Waals surface area contributed by atoms with Gasteiger partial charge in [0.05, 0.1) is 15.5 Å². The van der Waals surface area contributed by atoms with Gasteiger partial charge < -0.3 is 9.80 Å². The number of hydrogen-bond acceptors (Lipinski definition) is 5. The van der Waals surface area contributed by atoms with Crippen LogP contribution in [-0.2, 0) is 21.0 Å². The van der Waals surface area contributed by atoms with Crippen molar-refractivity contribution in [1.29, 1.82) is 0 Å². The monoisotopic (exact) mass is 476 g/mol. The molecule has 0 bridgehead atoms. The predicted octanol–water partition coefficient (Wildman–Crippen LogP) is 2.77. The SMILES string of the molecule is O=C(CCNS(=O)(=O)c1ccc(Cl)c(C(F)(F)F)c1)N1CCN(c2ccccn2)CC1. The maximum Gasteiger partial charge on any atom is 0.417 e. The molecule has 0 saturated carbocycles. The lowest BCUT2D eigenvalue weighted by molar-refractivity contribution is -0.137. The summed E-state index contributed by atoms with van der Waals surface area (Å²) in [5, 5.41) is -0.591. The number of sulfonamides is 1. The van der Waals surface area contributed by atoms with E-state index >= 15 is 0 Å². The molecule has 2 aromatic rings. The van der Waals surface area contributed by atoms with E-state index in [2.05, 4.69) is 9.71 Å². The molecule has 1 amide bonds. The molecule has 31 heavy (non-hydrogen) atoms. The zero-order valence-corrected chi connectivity index (χ0v) is 17.8. The molecular formula is C19H20ClF3N4O3S. The van der Waals surface area contributed by atoms with E-state index < -0.39 is 31.7 Å². The van der Waals surface area contributed by atoms with Gasteiger partial charge in [0, 0.05) is 45.3 Å². The molecule has 0 aliphatic carbocycles. The minimum atomic E-state index is -4.78. The zero-order valence-electron chi connectivity index (χ0n) is 16.3. The number of pyridine rings is 1. The summed E-state index contributed by atoms with van der Waals surface area (Å²) < 4.78 is 65.7. The van der Waals surface area contributed by atoms with Crippen LogP contribution >= 0.6 is 11.6 Å². The molecule has 1 aromatic carbocycles. The molecule has 2 heterocycles. The van der Waals surface area contributed by atoms with Gasteiger partial charge in [-0.2, -0.15) is 13.2 Å². The fraction of sp³-hybridized carbons (Fsp3) is 0.368. The second kappa shape index (κ2) is 9.41. The highest BCUT2D eigenvalue weighted by molar-refractivity contribution is 7.89. The molecule has 1 N–H and O–H groups in total. The number of aromatic nitrogens is 1. The highest BCUT2D eigenvalue weighted by atomic mass is 35.5. The third-order valence-electron chi connectivity index (χ3n) is 4.79. The van der Waals surface area contributed by atoms with Gasteiger partial charge in [-0.3, -0.25) is 4.79 Å². The number of anilines is 1. The van der Waals surface area contributed by atoms with Crippen LogP contribution in [0.5, 0.6) is 0 Å². The molecular weight excluding hydrogens is 457 g/mol. The fourth-order valence-electron chi connectivity index (χ4n) is 3.15. The fourth-order valence-corrected chi connectivity index (χ4v) is 4.43. The van der Waals surface area contributed by atoms with Crippen molar-refractivity contribution < 1.29 is 26.4 Å². The molecule has 1 fully saturated rings. The van der Waals surface area contributed by atoms with Crippen molar-refractivity contribution in [3.05, 3.63) is 53.2 Å². The molecule has 0 radical (unpaired) electrons. The Morgan fingerprint density at radius 1 is 1.13 bits per heavy atom. The predicted molar refractivity (Wildman–Crippen MR) is 109 cm³/mol. The zero-order chi connectivity index (χ0) is 22.6. The smallest absolute Gasteiger partial charge is 0.353 e. The standard InChI is InChI=1S/C19H20ClF3N4O3S/c20-16-5-4-14(13-15(16)19(21,22)23)31(29,30)25-8-6-18(28)27-11-9-26(10-12-27)17-3-1-2-7-24-17/h1-5,7,13,25H,6,8-12H2. The molecule has 3 rings (SSSR count). The van der Waals surface area contributed by atoms with Crippen LogP contribution in [0.15, 0.2) is 47.5 Å². The van der Waals surface area contributed by atoms with Gasteiger partial charge in [-0.15, -0.1) is 0 Å². The Morgan fingerprint density at radius 3 is 2.45 bits per heavy atom. The Balaban J connectivity index is 1.52. The number of carbonyl (C=O) groups excluding carboxylic acids is 1. The van der Waals surface area contributed by atoms with Gasteiger partial charge in [-0.05, 0) is 30.3 Å². The number of carbonyl (C=O) groups is 1. The van der Waals surface area contributed by atoms with Gasteiger partial charge in [0.1, 0.15) is 5.82 Å². The van der Waals surface area contributed by atoms with Gasteiger partial charge >= 0.3 is 6.18 Å². The minimum Gasteiger partial charge on any atom is -0.353 e. The highest BCUT2D eigenvalue weighted by Gasteiger charge is 2.34. The summed E-state index contributed by atoms with van der Waals surface area (Å²) >= 11 is 5.52. The number of halogens is 4. The van der Waals surface area contributed by atoms with Gasteiger partial charge in [0.15, 0.2) is 0 Å². The summed E-state index contributed by atoms with van der Waals surface area (Å²) in [6, 6.07) is 7.92. The van der Waals surface area contributed by atoms with Gasteiger partial charge in [0.25, 0.3) is 0 Å². The lowest BCUT2D eigenvalue weighted by Gasteiger charge is -2.35. The summed E-state index contributed by atoms with van der Waals surface area (Å²) in [5.74, 6) is 0.582. The van der Waals surface area contributed by atoms with E-state index in [1.807, 2.05) is 23.1 Å². The second-order valence-electron chi connectivity index (χ2n) is 6.84. The van der Waals surface area contributed by atoms with E-state index in [9.17, 15) is 26.4 Å². The van der Waals surface area contributed by atoms with Crippen molar-refractivity contribution >= 4 is 33.3 Å². The number of nitrogens with one attached hydrogen (secondary N) is 1. The molecule has 7 nitrogen and oxygen atoms in total. The number of nitrogens with zero attached hydrogens (tertiary/aromatic N) is 3. The molecule has 12 heteroatoms. The average molecular weight is 477 g/mol. The third-order valence-corrected chi connectivity index (χ3v) is 6.58. The van der Waals surface area contributed by atoms with Crippen molar-refractivity contribution in [3.63, 3.8) is 0 Å². The first-order valence-electron chi connectivity index (χ1n) is 9.38. The number of alkyl halides is 3. The quantitative estimate of drug-likeness (QED) is 0.693. The molecule has 1 aliphatic heterocycles. The number of rotatable bonds is 6. The first-order chi connectivity index (χ1) is 14.6. The van der Waals surface area contributed by atoms with Crippen LogP contribution in [0, 0.1) is 0 Å².